The van der Waals surface area contributed by atoms with Crippen LogP contribution in [0.1, 0.15) is 45.7 Å². The Balaban J connectivity index is 0.000000256. The minimum Gasteiger partial charge on any atom is -0.506 e. The number of carboxylic acid groups (broad SMARTS) is 2. The van der Waals surface area contributed by atoms with Gasteiger partial charge in [-0.25, -0.2) is 9.59 Å². The summed E-state index contributed by atoms with van der Waals surface area (Å²) in [6.45, 7) is 4.81. The molecule has 2 heterocycles. The summed E-state index contributed by atoms with van der Waals surface area (Å²) in [5.74, 6) is -3.19. The maximum Gasteiger partial charge on any atom is 0.345 e. The molecule has 0 saturated heterocycles. The van der Waals surface area contributed by atoms with E-state index >= 15 is 0 Å². The molecule has 0 unspecified atom stereocenters. The molecule has 0 radical (unpaired) electrons. The first-order valence-corrected chi connectivity index (χ1v) is 14.9. The zero-order chi connectivity index (χ0) is 34.8. The van der Waals surface area contributed by atoms with Crippen molar-refractivity contribution in [3.05, 3.63) is 97.6 Å². The van der Waals surface area contributed by atoms with Crippen LogP contribution in [0.3, 0.4) is 0 Å². The number of hydrogen-bond acceptors (Lipinski definition) is 9. The smallest absolute Gasteiger partial charge is 0.345 e. The Kier molecular flexibility index (Phi) is 12.5. The summed E-state index contributed by atoms with van der Waals surface area (Å²) in [4.78, 5) is 55.1. The predicted octanol–water partition coefficient (Wildman–Crippen LogP) is 3.17. The normalized spacial score (nSPS) is 10.6. The monoisotopic (exact) mass is 648 g/mol. The van der Waals surface area contributed by atoms with Gasteiger partial charge in [0.15, 0.2) is 5.56 Å². The van der Waals surface area contributed by atoms with Crippen molar-refractivity contribution in [3.8, 4) is 28.3 Å². The predicted molar refractivity (Wildman–Crippen MR) is 180 cm³/mol. The Hall–Kier alpha value is -5.40. The van der Waals surface area contributed by atoms with Crippen LogP contribution in [-0.4, -0.2) is 87.8 Å². The van der Waals surface area contributed by atoms with Crippen molar-refractivity contribution in [3.63, 3.8) is 0 Å². The van der Waals surface area contributed by atoms with E-state index in [1.54, 1.807) is 19.1 Å². The van der Waals surface area contributed by atoms with Gasteiger partial charge in [0.05, 0.1) is 24.6 Å². The van der Waals surface area contributed by atoms with Gasteiger partial charge >= 0.3 is 11.9 Å². The van der Waals surface area contributed by atoms with Crippen LogP contribution in [-0.2, 0) is 12.8 Å². The number of aromatic amines is 2. The summed E-state index contributed by atoms with van der Waals surface area (Å²) in [7, 11) is 3.73. The minimum absolute atomic E-state index is 0.0378. The Bertz CT molecular complexity index is 1810. The second-order valence-electron chi connectivity index (χ2n) is 10.6. The number of H-pyrrole nitrogens is 2. The first-order chi connectivity index (χ1) is 22.4. The number of aromatic hydroxyl groups is 1. The lowest BCUT2D eigenvalue weighted by Crippen LogP contribution is -2.21. The van der Waals surface area contributed by atoms with Gasteiger partial charge in [-0.15, -0.1) is 0 Å². The number of pyridine rings is 2. The van der Waals surface area contributed by atoms with E-state index in [1.807, 2.05) is 67.2 Å². The average Bonchev–Trinajstić information content (AvgIpc) is 3.04. The molecule has 13 heteroatoms. The number of carbonyl (C=O) groups is 2. The third-order valence-corrected chi connectivity index (χ3v) is 7.66. The number of rotatable bonds is 12. The van der Waals surface area contributed by atoms with Gasteiger partial charge in [0.25, 0.3) is 11.1 Å². The third-order valence-electron chi connectivity index (χ3n) is 7.66. The quantitative estimate of drug-likeness (QED) is 0.119. The Morgan fingerprint density at radius 2 is 1.17 bits per heavy atom. The lowest BCUT2D eigenvalue weighted by atomic mass is 10.0. The highest BCUT2D eigenvalue weighted by molar-refractivity contribution is 5.92. The topological polar surface area (TPSA) is 207 Å². The number of likely N-dealkylation sites (N-methyl/N-ethyl adjacent to an activating group) is 2. The molecule has 0 aliphatic carbocycles. The summed E-state index contributed by atoms with van der Waals surface area (Å²) in [5.41, 5.74) is 3.18. The van der Waals surface area contributed by atoms with Crippen LogP contribution in [0.2, 0.25) is 0 Å². The van der Waals surface area contributed by atoms with Gasteiger partial charge in [-0.2, -0.15) is 0 Å². The van der Waals surface area contributed by atoms with Crippen molar-refractivity contribution in [1.82, 2.24) is 9.97 Å². The lowest BCUT2D eigenvalue weighted by molar-refractivity contribution is 0.0682. The molecule has 0 spiro atoms. The van der Waals surface area contributed by atoms with E-state index in [2.05, 4.69) is 9.97 Å². The van der Waals surface area contributed by atoms with Crippen molar-refractivity contribution in [1.29, 1.82) is 0 Å². The summed E-state index contributed by atoms with van der Waals surface area (Å²) in [6, 6.07) is 16.2. The molecule has 4 rings (SSSR count). The lowest BCUT2D eigenvalue weighted by Gasteiger charge is -2.18. The highest BCUT2D eigenvalue weighted by Gasteiger charge is 2.22. The van der Waals surface area contributed by atoms with E-state index in [-0.39, 0.29) is 18.8 Å². The number of carboxylic acids is 2. The van der Waals surface area contributed by atoms with Crippen molar-refractivity contribution in [2.45, 2.75) is 26.7 Å². The SMILES string of the molecule is CCc1c(-c2ccc(N(C)CCO)cc2)[nH]c(=O)c(C(=O)O)c1O.CCc1cc(C(=O)O)c(=O)[nH]c1-c1ccc(N(C)CCO)cc1. The second kappa shape index (κ2) is 16.2. The molecule has 0 saturated carbocycles. The fourth-order valence-electron chi connectivity index (χ4n) is 5.01. The zero-order valence-corrected chi connectivity index (χ0v) is 26.7. The molecule has 7 N–H and O–H groups in total. The fourth-order valence-corrected chi connectivity index (χ4v) is 5.01. The summed E-state index contributed by atoms with van der Waals surface area (Å²) in [6.07, 6.45) is 0.975. The molecular weight excluding hydrogens is 608 g/mol. The molecule has 47 heavy (non-hydrogen) atoms. The second-order valence-corrected chi connectivity index (χ2v) is 10.6. The zero-order valence-electron chi connectivity index (χ0n) is 26.7. The van der Waals surface area contributed by atoms with E-state index in [1.165, 1.54) is 6.07 Å². The van der Waals surface area contributed by atoms with Crippen LogP contribution < -0.4 is 20.9 Å². The van der Waals surface area contributed by atoms with Crippen LogP contribution in [0.5, 0.6) is 5.75 Å². The van der Waals surface area contributed by atoms with Crippen molar-refractivity contribution >= 4 is 23.3 Å². The molecule has 0 aliphatic rings. The van der Waals surface area contributed by atoms with Gasteiger partial charge in [-0.1, -0.05) is 38.1 Å². The highest BCUT2D eigenvalue weighted by Crippen LogP contribution is 2.31. The summed E-state index contributed by atoms with van der Waals surface area (Å²) in [5, 5.41) is 46.2. The molecule has 0 aliphatic heterocycles. The number of nitrogens with one attached hydrogen (secondary N) is 2. The number of aromatic nitrogens is 2. The first kappa shape index (κ1) is 36.1. The molecule has 0 atom stereocenters. The molecule has 2 aromatic heterocycles. The molecule has 0 bridgehead atoms. The van der Waals surface area contributed by atoms with Gasteiger partial charge in [-0.05, 0) is 59.9 Å². The van der Waals surface area contributed by atoms with Crippen LogP contribution in [0.15, 0.2) is 64.2 Å². The van der Waals surface area contributed by atoms with Crippen molar-refractivity contribution in [2.24, 2.45) is 0 Å². The molecular formula is C34H40N4O9. The largest absolute Gasteiger partial charge is 0.506 e. The minimum atomic E-state index is -1.46. The fraction of sp³-hybridized carbons (Fsp3) is 0.294. The van der Waals surface area contributed by atoms with E-state index in [9.17, 15) is 24.3 Å². The van der Waals surface area contributed by atoms with Gasteiger partial charge in [0.1, 0.15) is 11.3 Å². The van der Waals surface area contributed by atoms with Crippen LogP contribution in [0.25, 0.3) is 22.5 Å². The molecule has 2 aromatic carbocycles. The van der Waals surface area contributed by atoms with Gasteiger partial charge in [0.2, 0.25) is 0 Å². The van der Waals surface area contributed by atoms with Crippen molar-refractivity contribution in [2.75, 3.05) is 50.2 Å². The number of benzene rings is 2. The standard InChI is InChI=1S/C17H20N2O5.C17H20N2O4/c1-3-12-14(18-16(22)13(15(12)21)17(23)24)10-4-6-11(7-5-10)19(2)8-9-20;1-3-11-10-14(17(22)23)16(21)18-15(11)12-4-6-13(7-5-12)19(2)8-9-20/h4-7,20H,3,8-9H2,1-2H3,(H,23,24)(H2,18,21,22);4-7,10,20H,3,8-9H2,1-2H3,(H,18,21)(H,22,23). The van der Waals surface area contributed by atoms with Gasteiger partial charge in [0, 0.05) is 44.1 Å². The number of hydrogen-bond donors (Lipinski definition) is 7. The third kappa shape index (κ3) is 8.45. The molecule has 0 fully saturated rings. The van der Waals surface area contributed by atoms with E-state index < -0.39 is 34.4 Å². The Labute approximate surface area is 271 Å². The maximum atomic E-state index is 12.0. The average molecular weight is 649 g/mol. The Morgan fingerprint density at radius 1 is 0.702 bits per heavy atom. The number of anilines is 2. The number of aliphatic hydroxyl groups excluding tert-OH is 2. The van der Waals surface area contributed by atoms with E-state index in [4.69, 9.17) is 20.4 Å². The van der Waals surface area contributed by atoms with E-state index in [0.29, 0.717) is 48.4 Å². The van der Waals surface area contributed by atoms with Crippen LogP contribution in [0.4, 0.5) is 11.4 Å². The molecule has 4 aromatic rings. The highest BCUT2D eigenvalue weighted by atomic mass is 16.4. The molecule has 13 nitrogen and oxygen atoms in total. The number of nitrogens with zero attached hydrogens (tertiary/aromatic N) is 2. The number of aryl methyl sites for hydroxylation is 1. The van der Waals surface area contributed by atoms with Crippen molar-refractivity contribution < 1.29 is 35.1 Å². The summed E-state index contributed by atoms with van der Waals surface area (Å²) < 4.78 is 0. The van der Waals surface area contributed by atoms with E-state index in [0.717, 1.165) is 22.5 Å². The summed E-state index contributed by atoms with van der Waals surface area (Å²) >= 11 is 0. The van der Waals surface area contributed by atoms with Crippen LogP contribution >= 0.6 is 0 Å². The molecule has 0 amide bonds. The first-order valence-electron chi connectivity index (χ1n) is 14.9. The molecule has 250 valence electrons. The van der Waals surface area contributed by atoms with Crippen LogP contribution in [0, 0.1) is 0 Å². The number of aromatic carboxylic acids is 2. The number of aliphatic hydroxyl groups is 2. The van der Waals surface area contributed by atoms with Gasteiger partial charge < -0.3 is 45.3 Å². The Morgan fingerprint density at radius 3 is 1.57 bits per heavy atom. The van der Waals surface area contributed by atoms with Gasteiger partial charge in [-0.3, -0.25) is 9.59 Å². The maximum absolute atomic E-state index is 12.0.